The highest BCUT2D eigenvalue weighted by atomic mass is 32.2. The van der Waals surface area contributed by atoms with E-state index in [1.807, 2.05) is 37.2 Å². The molecule has 114 valence electrons. The maximum atomic E-state index is 4.45. The van der Waals surface area contributed by atoms with Gasteiger partial charge in [0.2, 0.25) is 0 Å². The molecule has 2 N–H and O–H groups in total. The van der Waals surface area contributed by atoms with Crippen molar-refractivity contribution in [3.8, 4) is 0 Å². The summed E-state index contributed by atoms with van der Waals surface area (Å²) in [7, 11) is 1.92. The van der Waals surface area contributed by atoms with Crippen LogP contribution in [0.2, 0.25) is 0 Å². The minimum absolute atomic E-state index is 0.855. The molecule has 0 aromatic carbocycles. The first-order chi connectivity index (χ1) is 10.1. The zero-order valence-corrected chi connectivity index (χ0v) is 14.2. The average Bonchev–Trinajstić information content (AvgIpc) is 2.48. The van der Waals surface area contributed by atoms with Gasteiger partial charge in [-0.05, 0) is 44.0 Å². The van der Waals surface area contributed by atoms with Gasteiger partial charge in [-0.1, -0.05) is 18.7 Å². The van der Waals surface area contributed by atoms with Gasteiger partial charge in [0, 0.05) is 24.7 Å². The molecule has 0 aliphatic rings. The van der Waals surface area contributed by atoms with Gasteiger partial charge in [-0.3, -0.25) is 4.98 Å². The normalized spacial score (nSPS) is 12.2. The standard InChI is InChI=1S/C17H25N3S/c1-6-7-8-16(18-5)15(4)20-12-21-11-17-14(3)13(2)9-10-19-17/h6-10,18,20H,1,11-12H2,2-5H3/b8-7-,16-15-. The molecular formula is C17H25N3S. The van der Waals surface area contributed by atoms with E-state index < -0.39 is 0 Å². The van der Waals surface area contributed by atoms with Crippen molar-refractivity contribution in [3.05, 3.63) is 65.3 Å². The Hall–Kier alpha value is -1.68. The highest BCUT2D eigenvalue weighted by molar-refractivity contribution is 7.98. The summed E-state index contributed by atoms with van der Waals surface area (Å²) in [4.78, 5) is 4.45. The fourth-order valence-electron chi connectivity index (χ4n) is 1.80. The van der Waals surface area contributed by atoms with Crippen LogP contribution in [0.5, 0.6) is 0 Å². The topological polar surface area (TPSA) is 37.0 Å². The highest BCUT2D eigenvalue weighted by Gasteiger charge is 2.02. The maximum absolute atomic E-state index is 4.45. The van der Waals surface area contributed by atoms with E-state index in [-0.39, 0.29) is 0 Å². The molecule has 0 amide bonds. The Kier molecular flexibility index (Phi) is 7.69. The van der Waals surface area contributed by atoms with Crippen LogP contribution in [0.4, 0.5) is 0 Å². The van der Waals surface area contributed by atoms with Crippen molar-refractivity contribution in [1.29, 1.82) is 0 Å². The third kappa shape index (κ3) is 5.68. The van der Waals surface area contributed by atoms with Crippen molar-refractivity contribution in [2.24, 2.45) is 0 Å². The van der Waals surface area contributed by atoms with Crippen molar-refractivity contribution >= 4 is 11.8 Å². The second-order valence-corrected chi connectivity index (χ2v) is 5.74. The molecule has 1 rings (SSSR count). The lowest BCUT2D eigenvalue weighted by atomic mass is 10.1. The molecule has 0 saturated carbocycles. The number of nitrogens with zero attached hydrogens (tertiary/aromatic N) is 1. The summed E-state index contributed by atoms with van der Waals surface area (Å²) in [5.74, 6) is 1.78. The van der Waals surface area contributed by atoms with Gasteiger partial charge in [-0.15, -0.1) is 11.8 Å². The van der Waals surface area contributed by atoms with Gasteiger partial charge in [0.15, 0.2) is 0 Å². The number of pyridine rings is 1. The van der Waals surface area contributed by atoms with Crippen LogP contribution in [-0.4, -0.2) is 17.9 Å². The van der Waals surface area contributed by atoms with E-state index in [0.29, 0.717) is 0 Å². The Morgan fingerprint density at radius 2 is 2.19 bits per heavy atom. The predicted octanol–water partition coefficient (Wildman–Crippen LogP) is 3.67. The molecule has 0 spiro atoms. The predicted molar refractivity (Wildman–Crippen MR) is 94.1 cm³/mol. The SMILES string of the molecule is C=C/C=C\C(NC)=C(/C)NCSCc1nccc(C)c1C. The minimum Gasteiger partial charge on any atom is -0.387 e. The molecule has 3 nitrogen and oxygen atoms in total. The zero-order chi connectivity index (χ0) is 15.7. The largest absolute Gasteiger partial charge is 0.387 e. The number of hydrogen-bond donors (Lipinski definition) is 2. The zero-order valence-electron chi connectivity index (χ0n) is 13.4. The second kappa shape index (κ2) is 9.29. The molecule has 0 bridgehead atoms. The van der Waals surface area contributed by atoms with Crippen molar-refractivity contribution in [3.63, 3.8) is 0 Å². The molecule has 0 saturated heterocycles. The summed E-state index contributed by atoms with van der Waals surface area (Å²) in [6, 6.07) is 2.06. The van der Waals surface area contributed by atoms with Gasteiger partial charge in [-0.2, -0.15) is 0 Å². The Morgan fingerprint density at radius 3 is 2.86 bits per heavy atom. The smallest absolute Gasteiger partial charge is 0.0612 e. The van der Waals surface area contributed by atoms with Crippen molar-refractivity contribution in [2.45, 2.75) is 26.5 Å². The summed E-state index contributed by atoms with van der Waals surface area (Å²) < 4.78 is 0. The number of aryl methyl sites for hydroxylation is 1. The molecule has 1 aromatic rings. The Balaban J connectivity index is 2.49. The summed E-state index contributed by atoms with van der Waals surface area (Å²) in [6.45, 7) is 10.0. The quantitative estimate of drug-likeness (QED) is 0.436. The van der Waals surface area contributed by atoms with Crippen LogP contribution >= 0.6 is 11.8 Å². The lowest BCUT2D eigenvalue weighted by Crippen LogP contribution is -2.17. The van der Waals surface area contributed by atoms with Gasteiger partial charge in [0.1, 0.15) is 0 Å². The first-order valence-corrected chi connectivity index (χ1v) is 8.16. The summed E-state index contributed by atoms with van der Waals surface area (Å²) in [6.07, 6.45) is 7.58. The molecule has 1 heterocycles. The van der Waals surface area contributed by atoms with Crippen LogP contribution in [0.15, 0.2) is 48.5 Å². The summed E-state index contributed by atoms with van der Waals surface area (Å²) in [5, 5.41) is 6.59. The molecule has 0 unspecified atom stereocenters. The van der Waals surface area contributed by atoms with Crippen LogP contribution in [0, 0.1) is 13.8 Å². The van der Waals surface area contributed by atoms with Crippen molar-refractivity contribution < 1.29 is 0 Å². The molecule has 0 fully saturated rings. The molecule has 0 atom stereocenters. The molecular weight excluding hydrogens is 278 g/mol. The molecule has 21 heavy (non-hydrogen) atoms. The van der Waals surface area contributed by atoms with E-state index >= 15 is 0 Å². The number of likely N-dealkylation sites (N-methyl/N-ethyl adjacent to an activating group) is 1. The minimum atomic E-state index is 0.855. The first-order valence-electron chi connectivity index (χ1n) is 7.00. The van der Waals surface area contributed by atoms with E-state index in [2.05, 4.69) is 49.0 Å². The van der Waals surface area contributed by atoms with E-state index in [4.69, 9.17) is 0 Å². The van der Waals surface area contributed by atoms with Crippen LogP contribution in [0.3, 0.4) is 0 Å². The number of thioether (sulfide) groups is 1. The van der Waals surface area contributed by atoms with Gasteiger partial charge in [0.25, 0.3) is 0 Å². The van der Waals surface area contributed by atoms with Crippen LogP contribution in [0.25, 0.3) is 0 Å². The lowest BCUT2D eigenvalue weighted by molar-refractivity contribution is 0.887. The monoisotopic (exact) mass is 303 g/mol. The molecule has 1 aromatic heterocycles. The van der Waals surface area contributed by atoms with E-state index in [1.165, 1.54) is 16.8 Å². The Morgan fingerprint density at radius 1 is 1.43 bits per heavy atom. The van der Waals surface area contributed by atoms with Gasteiger partial charge < -0.3 is 10.6 Å². The number of aromatic nitrogens is 1. The maximum Gasteiger partial charge on any atom is 0.0612 e. The van der Waals surface area contributed by atoms with Gasteiger partial charge in [0.05, 0.1) is 17.3 Å². The number of nitrogens with one attached hydrogen (secondary N) is 2. The average molecular weight is 303 g/mol. The second-order valence-electron chi connectivity index (χ2n) is 4.75. The first kappa shape index (κ1) is 17.4. The third-order valence-electron chi connectivity index (χ3n) is 3.33. The van der Waals surface area contributed by atoms with Crippen LogP contribution < -0.4 is 10.6 Å². The fourth-order valence-corrected chi connectivity index (χ4v) is 2.70. The third-order valence-corrected chi connectivity index (χ3v) is 4.16. The van der Waals surface area contributed by atoms with Gasteiger partial charge >= 0.3 is 0 Å². The summed E-state index contributed by atoms with van der Waals surface area (Å²) >= 11 is 1.83. The lowest BCUT2D eigenvalue weighted by Gasteiger charge is -2.11. The van der Waals surface area contributed by atoms with Crippen molar-refractivity contribution in [1.82, 2.24) is 15.6 Å². The number of rotatable bonds is 8. The Labute approximate surface area is 132 Å². The number of allylic oxidation sites excluding steroid dienone is 4. The van der Waals surface area contributed by atoms with E-state index in [9.17, 15) is 0 Å². The number of hydrogen-bond acceptors (Lipinski definition) is 4. The summed E-state index contributed by atoms with van der Waals surface area (Å²) in [5.41, 5.74) is 5.96. The molecule has 4 heteroatoms. The van der Waals surface area contributed by atoms with E-state index in [1.54, 1.807) is 6.08 Å². The Bertz CT molecular complexity index is 533. The molecule has 0 radical (unpaired) electrons. The van der Waals surface area contributed by atoms with Crippen LogP contribution in [0.1, 0.15) is 23.7 Å². The van der Waals surface area contributed by atoms with E-state index in [0.717, 1.165) is 23.0 Å². The van der Waals surface area contributed by atoms with Crippen molar-refractivity contribution in [2.75, 3.05) is 12.9 Å². The fraction of sp³-hybridized carbons (Fsp3) is 0.353. The van der Waals surface area contributed by atoms with Crippen LogP contribution in [-0.2, 0) is 5.75 Å². The molecule has 0 aliphatic carbocycles. The molecule has 0 aliphatic heterocycles. The highest BCUT2D eigenvalue weighted by Crippen LogP contribution is 2.16. The van der Waals surface area contributed by atoms with Gasteiger partial charge in [-0.25, -0.2) is 0 Å².